The highest BCUT2D eigenvalue weighted by Crippen LogP contribution is 2.42. The van der Waals surface area contributed by atoms with E-state index in [4.69, 9.17) is 14.1 Å². The molecule has 3 aromatic carbocycles. The van der Waals surface area contributed by atoms with E-state index in [0.717, 1.165) is 106 Å². The Hall–Kier alpha value is -4.51. The van der Waals surface area contributed by atoms with Crippen LogP contribution in [0.2, 0.25) is 5.04 Å². The first-order valence-corrected chi connectivity index (χ1v) is 22.9. The van der Waals surface area contributed by atoms with Gasteiger partial charge in [0.2, 0.25) is 0 Å². The van der Waals surface area contributed by atoms with Crippen LogP contribution in [0.4, 0.5) is 10.6 Å². The van der Waals surface area contributed by atoms with E-state index in [-0.39, 0.29) is 22.7 Å². The van der Waals surface area contributed by atoms with Crippen molar-refractivity contribution >= 4 is 41.6 Å². The number of anilines is 1. The SMILES string of the molecule is CC(C)(C)OC(=O)N1CC2(CCN(CCc3ccc(-c4cc5c(N6CCC(O[Si](c7ccccc7)(c7ccccc7)C(C)(C)C)CC6)ncnc5[nH]4)cc3)CC2)C1. The molecule has 0 aliphatic carbocycles. The average Bonchev–Trinajstić information content (AvgIpc) is 3.63. The van der Waals surface area contributed by atoms with Crippen LogP contribution in [0, 0.1) is 5.41 Å². The molecular weight excluding hydrogens is 725 g/mol. The Balaban J connectivity index is 0.877. The van der Waals surface area contributed by atoms with Crippen LogP contribution in [0.3, 0.4) is 0 Å². The summed E-state index contributed by atoms with van der Waals surface area (Å²) in [5, 5.41) is 3.67. The molecule has 0 radical (unpaired) electrons. The van der Waals surface area contributed by atoms with Gasteiger partial charge < -0.3 is 28.8 Å². The Labute approximate surface area is 339 Å². The summed E-state index contributed by atoms with van der Waals surface area (Å²) in [6.07, 6.45) is 6.88. The van der Waals surface area contributed by atoms with Crippen LogP contribution in [-0.4, -0.2) is 96.7 Å². The molecule has 0 saturated carbocycles. The Kier molecular flexibility index (Phi) is 10.8. The first-order valence-electron chi connectivity index (χ1n) is 21.0. The number of amides is 1. The molecule has 3 fully saturated rings. The van der Waals surface area contributed by atoms with E-state index in [1.807, 2.05) is 25.7 Å². The highest BCUT2D eigenvalue weighted by Gasteiger charge is 2.52. The number of nitrogens with one attached hydrogen (secondary N) is 1. The second kappa shape index (κ2) is 15.7. The van der Waals surface area contributed by atoms with Crippen LogP contribution in [0.5, 0.6) is 0 Å². The second-order valence-corrected chi connectivity index (χ2v) is 23.0. The number of aromatic nitrogens is 3. The second-order valence-electron chi connectivity index (χ2n) is 18.7. The van der Waals surface area contributed by atoms with E-state index in [9.17, 15) is 4.79 Å². The summed E-state index contributed by atoms with van der Waals surface area (Å²) in [5.41, 5.74) is 4.26. The lowest BCUT2D eigenvalue weighted by atomic mass is 9.72. The smallest absolute Gasteiger partial charge is 0.410 e. The Morgan fingerprint density at radius 1 is 0.825 bits per heavy atom. The van der Waals surface area contributed by atoms with Gasteiger partial charge in [0, 0.05) is 49.9 Å². The molecule has 1 amide bonds. The van der Waals surface area contributed by atoms with Crippen molar-refractivity contribution < 1.29 is 14.0 Å². The lowest BCUT2D eigenvalue weighted by Crippen LogP contribution is -2.68. The fourth-order valence-electron chi connectivity index (χ4n) is 9.39. The molecular formula is C47H60N6O3Si. The van der Waals surface area contributed by atoms with Crippen LogP contribution in [0.15, 0.2) is 97.3 Å². The van der Waals surface area contributed by atoms with E-state index in [2.05, 4.69) is 132 Å². The predicted molar refractivity (Wildman–Crippen MR) is 233 cm³/mol. The summed E-state index contributed by atoms with van der Waals surface area (Å²) in [7, 11) is -2.62. The van der Waals surface area contributed by atoms with E-state index >= 15 is 0 Å². The summed E-state index contributed by atoms with van der Waals surface area (Å²) in [6, 6.07) is 33.1. The lowest BCUT2D eigenvalue weighted by molar-refractivity contribution is -0.0590. The lowest BCUT2D eigenvalue weighted by Gasteiger charge is -2.53. The first-order chi connectivity index (χ1) is 27.3. The third kappa shape index (κ3) is 8.27. The summed E-state index contributed by atoms with van der Waals surface area (Å²) < 4.78 is 13.1. The number of likely N-dealkylation sites (tertiary alicyclic amines) is 2. The first kappa shape index (κ1) is 39.3. The highest BCUT2D eigenvalue weighted by atomic mass is 28.4. The van der Waals surface area contributed by atoms with Gasteiger partial charge in [-0.15, -0.1) is 0 Å². The monoisotopic (exact) mass is 784 g/mol. The maximum Gasteiger partial charge on any atom is 0.410 e. The van der Waals surface area contributed by atoms with Gasteiger partial charge in [-0.05, 0) is 98.6 Å². The molecule has 10 heteroatoms. The molecule has 0 bridgehead atoms. The molecule has 9 nitrogen and oxygen atoms in total. The van der Waals surface area contributed by atoms with E-state index in [1.165, 1.54) is 15.9 Å². The quantitative estimate of drug-likeness (QED) is 0.152. The zero-order valence-corrected chi connectivity index (χ0v) is 35.8. The molecule has 1 N–H and O–H groups in total. The van der Waals surface area contributed by atoms with Gasteiger partial charge in [0.25, 0.3) is 8.32 Å². The van der Waals surface area contributed by atoms with Crippen molar-refractivity contribution in [2.75, 3.05) is 50.7 Å². The van der Waals surface area contributed by atoms with Gasteiger partial charge in [0.1, 0.15) is 23.4 Å². The number of aromatic amines is 1. The van der Waals surface area contributed by atoms with Crippen molar-refractivity contribution in [1.82, 2.24) is 24.8 Å². The third-order valence-electron chi connectivity index (χ3n) is 12.5. The number of benzene rings is 3. The van der Waals surface area contributed by atoms with Crippen LogP contribution >= 0.6 is 0 Å². The van der Waals surface area contributed by atoms with Gasteiger partial charge >= 0.3 is 6.09 Å². The number of H-pyrrole nitrogens is 1. The van der Waals surface area contributed by atoms with Crippen molar-refractivity contribution in [2.45, 2.75) is 90.4 Å². The summed E-state index contributed by atoms with van der Waals surface area (Å²) in [6.45, 7) is 19.5. The Morgan fingerprint density at radius 2 is 1.44 bits per heavy atom. The van der Waals surface area contributed by atoms with Gasteiger partial charge in [0.05, 0.1) is 5.39 Å². The van der Waals surface area contributed by atoms with Crippen molar-refractivity contribution in [3.8, 4) is 11.3 Å². The van der Waals surface area contributed by atoms with Crippen molar-refractivity contribution in [1.29, 1.82) is 0 Å². The molecule has 1 spiro atoms. The van der Waals surface area contributed by atoms with Crippen LogP contribution in [-0.2, 0) is 15.6 Å². The summed E-state index contributed by atoms with van der Waals surface area (Å²) >= 11 is 0. The Morgan fingerprint density at radius 3 is 2.02 bits per heavy atom. The number of fused-ring (bicyclic) bond motifs is 1. The van der Waals surface area contributed by atoms with E-state index in [1.54, 1.807) is 6.33 Å². The number of hydrogen-bond acceptors (Lipinski definition) is 7. The summed E-state index contributed by atoms with van der Waals surface area (Å²) in [5.74, 6) is 0.991. The van der Waals surface area contributed by atoms with Crippen molar-refractivity contribution in [3.63, 3.8) is 0 Å². The molecule has 0 atom stereocenters. The minimum atomic E-state index is -2.62. The fourth-order valence-corrected chi connectivity index (χ4v) is 14.1. The fraction of sp³-hybridized carbons (Fsp3) is 0.468. The molecule has 5 heterocycles. The Bertz CT molecular complexity index is 2080. The van der Waals surface area contributed by atoms with Crippen molar-refractivity contribution in [2.24, 2.45) is 5.41 Å². The predicted octanol–water partition coefficient (Wildman–Crippen LogP) is 8.05. The van der Waals surface area contributed by atoms with Gasteiger partial charge in [-0.25, -0.2) is 14.8 Å². The van der Waals surface area contributed by atoms with E-state index < -0.39 is 13.9 Å². The minimum absolute atomic E-state index is 0.0476. The minimum Gasteiger partial charge on any atom is -0.444 e. The number of piperidine rings is 2. The molecule has 8 rings (SSSR count). The molecule has 3 aliphatic rings. The number of rotatable bonds is 9. The molecule has 5 aromatic rings. The molecule has 57 heavy (non-hydrogen) atoms. The number of carbonyl (C=O) groups is 1. The van der Waals surface area contributed by atoms with Gasteiger partial charge in [-0.1, -0.05) is 106 Å². The molecule has 0 unspecified atom stereocenters. The van der Waals surface area contributed by atoms with Crippen LogP contribution < -0.4 is 15.3 Å². The van der Waals surface area contributed by atoms with Crippen LogP contribution in [0.25, 0.3) is 22.3 Å². The van der Waals surface area contributed by atoms with Gasteiger partial charge in [0.15, 0.2) is 0 Å². The molecule has 3 saturated heterocycles. The van der Waals surface area contributed by atoms with Gasteiger partial charge in [-0.3, -0.25) is 0 Å². The van der Waals surface area contributed by atoms with Crippen LogP contribution in [0.1, 0.15) is 72.8 Å². The third-order valence-corrected chi connectivity index (χ3v) is 17.6. The van der Waals surface area contributed by atoms with E-state index in [0.29, 0.717) is 0 Å². The number of carbonyl (C=O) groups excluding carboxylic acids is 1. The number of ether oxygens (including phenoxy) is 1. The normalized spacial score (nSPS) is 18.2. The topological polar surface area (TPSA) is 86.8 Å². The molecule has 3 aliphatic heterocycles. The maximum atomic E-state index is 12.5. The highest BCUT2D eigenvalue weighted by molar-refractivity contribution is 6.99. The summed E-state index contributed by atoms with van der Waals surface area (Å²) in [4.78, 5) is 32.4. The van der Waals surface area contributed by atoms with Crippen molar-refractivity contribution in [3.05, 3.63) is 103 Å². The molecule has 300 valence electrons. The number of hydrogen-bond donors (Lipinski definition) is 1. The largest absolute Gasteiger partial charge is 0.444 e. The number of nitrogens with zero attached hydrogens (tertiary/aromatic N) is 5. The van der Waals surface area contributed by atoms with Gasteiger partial charge in [-0.2, -0.15) is 0 Å². The zero-order valence-electron chi connectivity index (χ0n) is 34.8. The maximum absolute atomic E-state index is 12.5. The zero-order chi connectivity index (χ0) is 39.8. The average molecular weight is 785 g/mol. The standard InChI is InChI=1S/C47H60N6O3Si/c1-45(2,3)55-44(54)53-32-47(33-53)24-29-51(30-25-47)26-21-35-17-19-36(20-18-35)41-31-40-42(50-41)48-34-49-43(40)52-27-22-37(23-28-52)56-57(46(4,5)6,38-13-9-7-10-14-38)39-15-11-8-12-16-39/h7-20,31,34,37H,21-30,32-33H2,1-6H3,(H,48,49,50). The molecule has 2 aromatic heterocycles.